The second-order valence-corrected chi connectivity index (χ2v) is 3.12. The molecule has 2 unspecified atom stereocenters. The van der Waals surface area contributed by atoms with Crippen LogP contribution in [0.2, 0.25) is 0 Å². The van der Waals surface area contributed by atoms with Crippen LogP contribution < -0.4 is 0 Å². The lowest BCUT2D eigenvalue weighted by Gasteiger charge is -2.16. The Kier molecular flexibility index (Phi) is 2.33. The van der Waals surface area contributed by atoms with E-state index in [0.717, 1.165) is 5.56 Å². The van der Waals surface area contributed by atoms with Crippen molar-refractivity contribution in [3.05, 3.63) is 48.0 Å². The molecule has 0 spiro atoms. The van der Waals surface area contributed by atoms with E-state index in [-0.39, 0.29) is 0 Å². The van der Waals surface area contributed by atoms with Crippen LogP contribution in [0.4, 0.5) is 0 Å². The summed E-state index contributed by atoms with van der Waals surface area (Å²) in [5.41, 5.74) is 0.747. The highest BCUT2D eigenvalue weighted by Gasteiger charge is 2.25. The SMILES string of the molecule is O=C1C=CC(C(O)c2ccccc2)O1. The number of aliphatic hydroxyl groups is 1. The molecule has 1 aliphatic heterocycles. The fourth-order valence-electron chi connectivity index (χ4n) is 1.40. The van der Waals surface area contributed by atoms with Crippen molar-refractivity contribution in [3.8, 4) is 0 Å². The Hall–Kier alpha value is -1.61. The highest BCUT2D eigenvalue weighted by molar-refractivity contribution is 5.84. The highest BCUT2D eigenvalue weighted by Crippen LogP contribution is 2.22. The molecule has 1 heterocycles. The van der Waals surface area contributed by atoms with Crippen molar-refractivity contribution >= 4 is 5.97 Å². The maximum absolute atomic E-state index is 10.8. The molecule has 3 nitrogen and oxygen atoms in total. The molecule has 2 rings (SSSR count). The largest absolute Gasteiger partial charge is 0.452 e. The lowest BCUT2D eigenvalue weighted by Crippen LogP contribution is -2.17. The molecule has 0 amide bonds. The van der Waals surface area contributed by atoms with Gasteiger partial charge in [-0.25, -0.2) is 4.79 Å². The fraction of sp³-hybridized carbons (Fsp3) is 0.182. The Morgan fingerprint density at radius 1 is 1.29 bits per heavy atom. The summed E-state index contributed by atoms with van der Waals surface area (Å²) in [4.78, 5) is 10.8. The van der Waals surface area contributed by atoms with Crippen molar-refractivity contribution < 1.29 is 14.6 Å². The number of cyclic esters (lactones) is 1. The molecule has 1 N–H and O–H groups in total. The third-order valence-corrected chi connectivity index (χ3v) is 2.13. The fourth-order valence-corrected chi connectivity index (χ4v) is 1.40. The van der Waals surface area contributed by atoms with Gasteiger partial charge in [-0.15, -0.1) is 0 Å². The summed E-state index contributed by atoms with van der Waals surface area (Å²) in [7, 11) is 0. The molecule has 0 aliphatic carbocycles. The molecule has 14 heavy (non-hydrogen) atoms. The Balaban J connectivity index is 2.13. The predicted molar refractivity (Wildman–Crippen MR) is 50.4 cm³/mol. The summed E-state index contributed by atoms with van der Waals surface area (Å²) < 4.78 is 4.88. The summed E-state index contributed by atoms with van der Waals surface area (Å²) >= 11 is 0. The molecule has 2 atom stereocenters. The van der Waals surface area contributed by atoms with Crippen LogP contribution in [0, 0.1) is 0 Å². The van der Waals surface area contributed by atoms with Crippen LogP contribution >= 0.6 is 0 Å². The van der Waals surface area contributed by atoms with Crippen LogP contribution in [0.3, 0.4) is 0 Å². The smallest absolute Gasteiger partial charge is 0.331 e. The van der Waals surface area contributed by atoms with Gasteiger partial charge in [0.2, 0.25) is 0 Å². The van der Waals surface area contributed by atoms with Gasteiger partial charge in [0.15, 0.2) is 6.10 Å². The average molecular weight is 190 g/mol. The first-order valence-electron chi connectivity index (χ1n) is 4.39. The maximum atomic E-state index is 10.8. The number of hydrogen-bond acceptors (Lipinski definition) is 3. The third kappa shape index (κ3) is 1.67. The first kappa shape index (κ1) is 8.97. The Bertz CT molecular complexity index is 356. The van der Waals surface area contributed by atoms with E-state index in [1.165, 1.54) is 6.08 Å². The van der Waals surface area contributed by atoms with Gasteiger partial charge in [0, 0.05) is 6.08 Å². The van der Waals surface area contributed by atoms with Crippen LogP contribution in [0.5, 0.6) is 0 Å². The standard InChI is InChI=1S/C11H10O3/c12-10-7-6-9(14-10)11(13)8-4-2-1-3-5-8/h1-7,9,11,13H. The Morgan fingerprint density at radius 3 is 2.57 bits per heavy atom. The number of ether oxygens (including phenoxy) is 1. The first-order chi connectivity index (χ1) is 6.77. The van der Waals surface area contributed by atoms with Gasteiger partial charge in [-0.2, -0.15) is 0 Å². The molecule has 3 heteroatoms. The summed E-state index contributed by atoms with van der Waals surface area (Å²) in [6.45, 7) is 0. The summed E-state index contributed by atoms with van der Waals surface area (Å²) in [6.07, 6.45) is 1.57. The maximum Gasteiger partial charge on any atom is 0.331 e. The van der Waals surface area contributed by atoms with Crippen LogP contribution in [0.1, 0.15) is 11.7 Å². The van der Waals surface area contributed by atoms with Gasteiger partial charge in [-0.05, 0) is 11.6 Å². The molecule has 0 saturated carbocycles. The van der Waals surface area contributed by atoms with Crippen molar-refractivity contribution in [2.75, 3.05) is 0 Å². The third-order valence-electron chi connectivity index (χ3n) is 2.13. The molecule has 0 radical (unpaired) electrons. The summed E-state index contributed by atoms with van der Waals surface area (Å²) in [5, 5.41) is 9.81. The lowest BCUT2D eigenvalue weighted by molar-refractivity contribution is -0.142. The number of carbonyl (C=O) groups excluding carboxylic acids is 1. The van der Waals surface area contributed by atoms with Crippen LogP contribution in [0.15, 0.2) is 42.5 Å². The van der Waals surface area contributed by atoms with Crippen LogP contribution in [-0.4, -0.2) is 17.2 Å². The van der Waals surface area contributed by atoms with Crippen molar-refractivity contribution in [1.82, 2.24) is 0 Å². The molecule has 0 aromatic heterocycles. The van der Waals surface area contributed by atoms with E-state index in [0.29, 0.717) is 0 Å². The number of benzene rings is 1. The number of hydrogen-bond donors (Lipinski definition) is 1. The number of rotatable bonds is 2. The molecule has 0 bridgehead atoms. The van der Waals surface area contributed by atoms with Gasteiger partial charge < -0.3 is 9.84 Å². The van der Waals surface area contributed by atoms with E-state index < -0.39 is 18.2 Å². The number of esters is 1. The number of aliphatic hydroxyl groups excluding tert-OH is 1. The van der Waals surface area contributed by atoms with Crippen molar-refractivity contribution in [3.63, 3.8) is 0 Å². The van der Waals surface area contributed by atoms with Crippen molar-refractivity contribution in [1.29, 1.82) is 0 Å². The monoisotopic (exact) mass is 190 g/mol. The Labute approximate surface area is 81.6 Å². The summed E-state index contributed by atoms with van der Waals surface area (Å²) in [6, 6.07) is 9.13. The van der Waals surface area contributed by atoms with Crippen LogP contribution in [-0.2, 0) is 9.53 Å². The van der Waals surface area contributed by atoms with Gasteiger partial charge >= 0.3 is 5.97 Å². The number of carbonyl (C=O) groups is 1. The van der Waals surface area contributed by atoms with Crippen molar-refractivity contribution in [2.24, 2.45) is 0 Å². The topological polar surface area (TPSA) is 46.5 Å². The quantitative estimate of drug-likeness (QED) is 0.713. The highest BCUT2D eigenvalue weighted by atomic mass is 16.6. The molecule has 1 aromatic carbocycles. The zero-order valence-corrected chi connectivity index (χ0v) is 7.46. The van der Waals surface area contributed by atoms with E-state index >= 15 is 0 Å². The van der Waals surface area contributed by atoms with Gasteiger partial charge in [0.1, 0.15) is 6.10 Å². The second kappa shape index (κ2) is 3.64. The molecule has 0 fully saturated rings. The zero-order valence-electron chi connectivity index (χ0n) is 7.46. The molecular weight excluding hydrogens is 180 g/mol. The van der Waals surface area contributed by atoms with E-state index in [2.05, 4.69) is 0 Å². The van der Waals surface area contributed by atoms with Crippen molar-refractivity contribution in [2.45, 2.75) is 12.2 Å². The second-order valence-electron chi connectivity index (χ2n) is 3.12. The predicted octanol–water partition coefficient (Wildman–Crippen LogP) is 1.20. The van der Waals surface area contributed by atoms with Gasteiger partial charge in [-0.1, -0.05) is 30.3 Å². The van der Waals surface area contributed by atoms with E-state index in [4.69, 9.17) is 4.74 Å². The van der Waals surface area contributed by atoms with E-state index in [1.807, 2.05) is 18.2 Å². The minimum Gasteiger partial charge on any atom is -0.452 e. The molecule has 1 aromatic rings. The Morgan fingerprint density at radius 2 is 2.00 bits per heavy atom. The normalized spacial score (nSPS) is 22.1. The molecule has 0 saturated heterocycles. The zero-order chi connectivity index (χ0) is 9.97. The van der Waals surface area contributed by atoms with E-state index in [1.54, 1.807) is 18.2 Å². The average Bonchev–Trinajstić information content (AvgIpc) is 2.65. The van der Waals surface area contributed by atoms with Crippen LogP contribution in [0.25, 0.3) is 0 Å². The minimum atomic E-state index is -0.779. The first-order valence-corrected chi connectivity index (χ1v) is 4.39. The van der Waals surface area contributed by atoms with Gasteiger partial charge in [0.25, 0.3) is 0 Å². The molecular formula is C11H10O3. The molecule has 72 valence electrons. The van der Waals surface area contributed by atoms with Gasteiger partial charge in [-0.3, -0.25) is 0 Å². The van der Waals surface area contributed by atoms with Gasteiger partial charge in [0.05, 0.1) is 0 Å². The summed E-state index contributed by atoms with van der Waals surface area (Å²) in [5.74, 6) is -0.398. The lowest BCUT2D eigenvalue weighted by atomic mass is 10.1. The molecule has 1 aliphatic rings. The minimum absolute atomic E-state index is 0.398. The van der Waals surface area contributed by atoms with E-state index in [9.17, 15) is 9.90 Å².